The number of rotatable bonds is 4. The van der Waals surface area contributed by atoms with Gasteiger partial charge in [-0.3, -0.25) is 10.1 Å². The van der Waals surface area contributed by atoms with E-state index in [0.717, 1.165) is 17.0 Å². The average molecular weight is 364 g/mol. The van der Waals surface area contributed by atoms with Gasteiger partial charge >= 0.3 is 0 Å². The quantitative estimate of drug-likeness (QED) is 0.591. The number of anilines is 1. The lowest BCUT2D eigenvalue weighted by Gasteiger charge is -2.43. The number of nitrogens with one attached hydrogen (secondary N) is 1. The lowest BCUT2D eigenvalue weighted by Crippen LogP contribution is -2.35. The Kier molecular flexibility index (Phi) is 3.85. The highest BCUT2D eigenvalue weighted by molar-refractivity contribution is 5.62. The molecule has 1 heterocycles. The number of hydrogen-bond acceptors (Lipinski definition) is 4. The summed E-state index contributed by atoms with van der Waals surface area (Å²) in [6, 6.07) is 14.0. The van der Waals surface area contributed by atoms with Gasteiger partial charge in [0.25, 0.3) is 5.69 Å². The second-order valence-electron chi connectivity index (χ2n) is 8.09. The average Bonchev–Trinajstić information content (AvgIpc) is 3.30. The number of nitro benzene ring substituents is 1. The summed E-state index contributed by atoms with van der Waals surface area (Å²) in [4.78, 5) is 11.0. The van der Waals surface area contributed by atoms with Crippen LogP contribution in [0.15, 0.2) is 42.5 Å². The van der Waals surface area contributed by atoms with Gasteiger partial charge in [0.05, 0.1) is 17.6 Å². The molecule has 0 aromatic heterocycles. The first-order chi connectivity index (χ1) is 13.2. The van der Waals surface area contributed by atoms with Gasteiger partial charge in [0.2, 0.25) is 0 Å². The third-order valence-corrected chi connectivity index (χ3v) is 6.83. The number of nitro groups is 1. The highest BCUT2D eigenvalue weighted by Crippen LogP contribution is 2.63. The van der Waals surface area contributed by atoms with Crippen LogP contribution in [0, 0.1) is 27.9 Å². The normalized spacial score (nSPS) is 30.3. The number of hydrogen-bond donors (Lipinski definition) is 1. The molecule has 5 rings (SSSR count). The van der Waals surface area contributed by atoms with Gasteiger partial charge in [-0.1, -0.05) is 12.1 Å². The van der Waals surface area contributed by atoms with Crippen molar-refractivity contribution in [2.75, 3.05) is 11.9 Å². The Hall–Kier alpha value is -2.56. The van der Waals surface area contributed by atoms with Crippen molar-refractivity contribution in [2.45, 2.75) is 38.1 Å². The summed E-state index contributed by atoms with van der Waals surface area (Å²) in [5, 5.41) is 15.0. The number of benzene rings is 2. The summed E-state index contributed by atoms with van der Waals surface area (Å²) in [7, 11) is 0. The zero-order valence-corrected chi connectivity index (χ0v) is 15.4. The van der Waals surface area contributed by atoms with E-state index in [0.29, 0.717) is 30.3 Å². The standard InChI is InChI=1S/C22H24N2O3/c1-2-27-17-8-5-13(6-9-17)22-21-15-4-3-14(11-15)20(21)18-12-16(24(25)26)7-10-19(18)23-22/h5-10,12,14-15,20-23H,2-4,11H2,1H3/t14-,15+,20-,21+,22-/m1/s1. The Bertz CT molecular complexity index is 880. The van der Waals surface area contributed by atoms with Crippen molar-refractivity contribution >= 4 is 11.4 Å². The van der Waals surface area contributed by atoms with Crippen LogP contribution in [0.5, 0.6) is 5.75 Å². The minimum absolute atomic E-state index is 0.205. The van der Waals surface area contributed by atoms with Gasteiger partial charge in [-0.15, -0.1) is 0 Å². The van der Waals surface area contributed by atoms with Crippen LogP contribution in [-0.2, 0) is 0 Å². The number of fused-ring (bicyclic) bond motifs is 7. The number of non-ortho nitro benzene ring substituents is 1. The van der Waals surface area contributed by atoms with Crippen LogP contribution in [0.1, 0.15) is 49.3 Å². The van der Waals surface area contributed by atoms with E-state index in [-0.39, 0.29) is 16.7 Å². The molecule has 0 spiro atoms. The first kappa shape index (κ1) is 16.6. The molecule has 1 N–H and O–H groups in total. The van der Waals surface area contributed by atoms with Crippen molar-refractivity contribution < 1.29 is 9.66 Å². The Morgan fingerprint density at radius 2 is 1.93 bits per heavy atom. The van der Waals surface area contributed by atoms with E-state index in [1.165, 1.54) is 24.8 Å². The largest absolute Gasteiger partial charge is 0.494 e. The molecule has 1 aliphatic heterocycles. The van der Waals surface area contributed by atoms with Crippen molar-refractivity contribution in [2.24, 2.45) is 17.8 Å². The molecule has 2 aliphatic carbocycles. The highest BCUT2D eigenvalue weighted by atomic mass is 16.6. The molecule has 0 unspecified atom stereocenters. The lowest BCUT2D eigenvalue weighted by atomic mass is 9.68. The van der Waals surface area contributed by atoms with Gasteiger partial charge in [-0.25, -0.2) is 0 Å². The summed E-state index contributed by atoms with van der Waals surface area (Å²) >= 11 is 0. The van der Waals surface area contributed by atoms with Gasteiger partial charge in [0.15, 0.2) is 0 Å². The Labute approximate surface area is 158 Å². The van der Waals surface area contributed by atoms with Crippen LogP contribution in [0.2, 0.25) is 0 Å². The van der Waals surface area contributed by atoms with E-state index in [9.17, 15) is 10.1 Å². The molecule has 2 aromatic rings. The van der Waals surface area contributed by atoms with Crippen molar-refractivity contribution in [3.8, 4) is 5.75 Å². The van der Waals surface area contributed by atoms with Crippen molar-refractivity contribution in [3.05, 3.63) is 63.7 Å². The van der Waals surface area contributed by atoms with E-state index in [4.69, 9.17) is 4.74 Å². The van der Waals surface area contributed by atoms with E-state index in [1.54, 1.807) is 6.07 Å². The molecule has 2 saturated carbocycles. The molecule has 140 valence electrons. The van der Waals surface area contributed by atoms with Gasteiger partial charge in [0, 0.05) is 17.8 Å². The van der Waals surface area contributed by atoms with E-state index >= 15 is 0 Å². The second-order valence-corrected chi connectivity index (χ2v) is 8.09. The molecule has 2 aromatic carbocycles. The van der Waals surface area contributed by atoms with Gasteiger partial charge in [-0.2, -0.15) is 0 Å². The predicted molar refractivity (Wildman–Crippen MR) is 104 cm³/mol. The van der Waals surface area contributed by atoms with E-state index < -0.39 is 0 Å². The summed E-state index contributed by atoms with van der Waals surface area (Å²) < 4.78 is 5.59. The van der Waals surface area contributed by atoms with Crippen LogP contribution in [0.3, 0.4) is 0 Å². The van der Waals surface area contributed by atoms with Gasteiger partial charge in [0.1, 0.15) is 5.75 Å². The third kappa shape index (κ3) is 2.59. The van der Waals surface area contributed by atoms with Crippen molar-refractivity contribution in [1.29, 1.82) is 0 Å². The minimum atomic E-state index is -0.277. The van der Waals surface area contributed by atoms with Gasteiger partial charge in [-0.05, 0) is 79.2 Å². The van der Waals surface area contributed by atoms with E-state index in [1.807, 2.05) is 31.2 Å². The van der Waals surface area contributed by atoms with Crippen LogP contribution < -0.4 is 10.1 Å². The Balaban J connectivity index is 1.55. The molecule has 5 heteroatoms. The summed E-state index contributed by atoms with van der Waals surface area (Å²) in [5.74, 6) is 3.20. The molecule has 3 aliphatic rings. The molecule has 2 fully saturated rings. The maximum Gasteiger partial charge on any atom is 0.269 e. The van der Waals surface area contributed by atoms with Crippen LogP contribution in [0.4, 0.5) is 11.4 Å². The molecule has 0 radical (unpaired) electrons. The SMILES string of the molecule is CCOc1ccc([C@H]2Nc3ccc([N+](=O)[O-])cc3[C@H]3[C@@H]4CC[C@@H](C4)[C@@H]32)cc1. The monoisotopic (exact) mass is 364 g/mol. The highest BCUT2D eigenvalue weighted by Gasteiger charge is 2.54. The maximum absolute atomic E-state index is 11.3. The third-order valence-electron chi connectivity index (χ3n) is 6.83. The topological polar surface area (TPSA) is 64.4 Å². The second kappa shape index (κ2) is 6.25. The molecule has 0 saturated heterocycles. The Morgan fingerprint density at radius 3 is 2.67 bits per heavy atom. The summed E-state index contributed by atoms with van der Waals surface area (Å²) in [6.07, 6.45) is 3.79. The zero-order valence-electron chi connectivity index (χ0n) is 15.4. The molecule has 27 heavy (non-hydrogen) atoms. The van der Waals surface area contributed by atoms with E-state index in [2.05, 4.69) is 17.4 Å². The molecular weight excluding hydrogens is 340 g/mol. The number of nitrogens with zero attached hydrogens (tertiary/aromatic N) is 1. The smallest absolute Gasteiger partial charge is 0.269 e. The molecule has 5 nitrogen and oxygen atoms in total. The fraction of sp³-hybridized carbons (Fsp3) is 0.455. The van der Waals surface area contributed by atoms with Crippen LogP contribution >= 0.6 is 0 Å². The van der Waals surface area contributed by atoms with Crippen LogP contribution in [0.25, 0.3) is 0 Å². The maximum atomic E-state index is 11.3. The van der Waals surface area contributed by atoms with Crippen LogP contribution in [-0.4, -0.2) is 11.5 Å². The first-order valence-electron chi connectivity index (χ1n) is 9.93. The fourth-order valence-corrected chi connectivity index (χ4v) is 5.86. The van der Waals surface area contributed by atoms with Crippen molar-refractivity contribution in [1.82, 2.24) is 0 Å². The summed E-state index contributed by atoms with van der Waals surface area (Å²) in [6.45, 7) is 2.66. The predicted octanol–water partition coefficient (Wildman–Crippen LogP) is 5.29. The summed E-state index contributed by atoms with van der Waals surface area (Å²) in [5.41, 5.74) is 3.71. The first-order valence-corrected chi connectivity index (χ1v) is 9.93. The van der Waals surface area contributed by atoms with Crippen molar-refractivity contribution in [3.63, 3.8) is 0 Å². The fourth-order valence-electron chi connectivity index (χ4n) is 5.86. The zero-order chi connectivity index (χ0) is 18.5. The Morgan fingerprint density at radius 1 is 1.15 bits per heavy atom. The minimum Gasteiger partial charge on any atom is -0.494 e. The molecular formula is C22H24N2O3. The molecule has 2 bridgehead atoms. The number of ether oxygens (including phenoxy) is 1. The lowest BCUT2D eigenvalue weighted by molar-refractivity contribution is -0.384. The molecule has 5 atom stereocenters. The van der Waals surface area contributed by atoms with Gasteiger partial charge < -0.3 is 10.1 Å². The molecule has 0 amide bonds.